The molecule has 0 fully saturated rings. The molecule has 0 heterocycles. The third kappa shape index (κ3) is 5.74. The summed E-state index contributed by atoms with van der Waals surface area (Å²) in [6, 6.07) is 19.6. The van der Waals surface area contributed by atoms with Gasteiger partial charge in [-0.1, -0.05) is 75.4 Å². The monoisotopic (exact) mass is 252 g/mol. The molecule has 0 saturated carbocycles. The van der Waals surface area contributed by atoms with Gasteiger partial charge in [0, 0.05) is 0 Å². The summed E-state index contributed by atoms with van der Waals surface area (Å²) < 4.78 is 0. The molecule has 0 unspecified atom stereocenters. The van der Waals surface area contributed by atoms with Crippen LogP contribution >= 0.6 is 0 Å². The van der Waals surface area contributed by atoms with Crippen LogP contribution in [0.3, 0.4) is 0 Å². The molecule has 0 aliphatic carbocycles. The van der Waals surface area contributed by atoms with Gasteiger partial charge in [-0.2, -0.15) is 0 Å². The Balaban J connectivity index is 0.000000861. The lowest BCUT2D eigenvalue weighted by atomic mass is 10.0. The van der Waals surface area contributed by atoms with Gasteiger partial charge in [0.05, 0.1) is 0 Å². The van der Waals surface area contributed by atoms with Crippen LogP contribution in [0.25, 0.3) is 0 Å². The van der Waals surface area contributed by atoms with E-state index in [1.807, 2.05) is 0 Å². The van der Waals surface area contributed by atoms with Crippen molar-refractivity contribution in [2.45, 2.75) is 32.6 Å². The van der Waals surface area contributed by atoms with Gasteiger partial charge < -0.3 is 0 Å². The Morgan fingerprint density at radius 3 is 1.53 bits per heavy atom. The van der Waals surface area contributed by atoms with Gasteiger partial charge in [-0.15, -0.1) is 0 Å². The number of benzene rings is 2. The van der Waals surface area contributed by atoms with Crippen molar-refractivity contribution >= 4 is 0 Å². The van der Waals surface area contributed by atoms with Crippen LogP contribution in [0.1, 0.15) is 30.0 Å². The molecule has 100 valence electrons. The number of hydrogen-bond acceptors (Lipinski definition) is 0. The third-order valence-corrected chi connectivity index (χ3v) is 3.03. The van der Waals surface area contributed by atoms with Crippen LogP contribution in [0.15, 0.2) is 54.6 Å². The molecule has 2 aromatic rings. The van der Waals surface area contributed by atoms with E-state index in [1.165, 1.54) is 16.7 Å². The maximum Gasteiger partial charge on any atom is -0.0238 e. The van der Waals surface area contributed by atoms with Crippen molar-refractivity contribution in [3.8, 4) is 0 Å². The number of hydrogen-bond donors (Lipinski definition) is 0. The zero-order valence-electron chi connectivity index (χ0n) is 11.9. The Morgan fingerprint density at radius 1 is 0.632 bits per heavy atom. The fraction of sp³-hybridized carbons (Fsp3) is 0.263. The van der Waals surface area contributed by atoms with Crippen LogP contribution in [-0.4, -0.2) is 0 Å². The standard InChI is InChI=1S/C17H19.C2H5/c1-2-6-15-9-12-17(13-10-15)14-11-16-7-4-3-5-8-16;1-2/h3-5,7-10,12-13H,1-2,6,11,14H2;1H2,2H3. The number of aryl methyl sites for hydroxylation is 3. The Labute approximate surface area is 118 Å². The quantitative estimate of drug-likeness (QED) is 0.696. The predicted octanol–water partition coefficient (Wildman–Crippen LogP) is 5.08. The van der Waals surface area contributed by atoms with Crippen molar-refractivity contribution in [3.63, 3.8) is 0 Å². The minimum atomic E-state index is 0.976. The molecule has 0 N–H and O–H groups in total. The zero-order valence-corrected chi connectivity index (χ0v) is 11.9. The Bertz CT molecular complexity index is 425. The Morgan fingerprint density at radius 2 is 1.05 bits per heavy atom. The second-order valence-corrected chi connectivity index (χ2v) is 4.41. The molecule has 2 rings (SSSR count). The van der Waals surface area contributed by atoms with Gasteiger partial charge in [0.1, 0.15) is 0 Å². The molecule has 2 radical (unpaired) electrons. The van der Waals surface area contributed by atoms with E-state index >= 15 is 0 Å². The lowest BCUT2D eigenvalue weighted by Gasteiger charge is -2.04. The van der Waals surface area contributed by atoms with Crippen LogP contribution < -0.4 is 0 Å². The molecular formula is C19H24. The van der Waals surface area contributed by atoms with E-state index in [-0.39, 0.29) is 0 Å². The van der Waals surface area contributed by atoms with Crippen LogP contribution in [0, 0.1) is 13.8 Å². The Kier molecular flexibility index (Phi) is 7.65. The summed E-state index contributed by atoms with van der Waals surface area (Å²) in [5.41, 5.74) is 4.22. The first kappa shape index (κ1) is 15.5. The molecule has 0 spiro atoms. The maximum atomic E-state index is 3.88. The smallest absolute Gasteiger partial charge is 0.0238 e. The van der Waals surface area contributed by atoms with Gasteiger partial charge in [0.15, 0.2) is 0 Å². The molecule has 0 aliphatic rings. The summed E-state index contributed by atoms with van der Waals surface area (Å²) in [7, 11) is 0. The zero-order chi connectivity index (χ0) is 13.9. The highest BCUT2D eigenvalue weighted by molar-refractivity contribution is 5.24. The summed E-state index contributed by atoms with van der Waals surface area (Å²) in [5, 5.41) is 0. The molecule has 0 aromatic heterocycles. The van der Waals surface area contributed by atoms with Gasteiger partial charge >= 0.3 is 0 Å². The molecule has 0 nitrogen and oxygen atoms in total. The van der Waals surface area contributed by atoms with Gasteiger partial charge in [-0.3, -0.25) is 0 Å². The molecule has 0 bridgehead atoms. The normalized spacial score (nSPS) is 9.63. The molecule has 0 saturated heterocycles. The second-order valence-electron chi connectivity index (χ2n) is 4.41. The predicted molar refractivity (Wildman–Crippen MR) is 85.0 cm³/mol. The second kappa shape index (κ2) is 9.38. The Hall–Kier alpha value is -1.56. The van der Waals surface area contributed by atoms with Crippen LogP contribution in [0.2, 0.25) is 0 Å². The van der Waals surface area contributed by atoms with Gasteiger partial charge in [0.25, 0.3) is 0 Å². The molecule has 0 amide bonds. The van der Waals surface area contributed by atoms with E-state index in [4.69, 9.17) is 0 Å². The first-order valence-corrected chi connectivity index (χ1v) is 7.00. The molecule has 19 heavy (non-hydrogen) atoms. The number of rotatable bonds is 5. The summed E-state index contributed by atoms with van der Waals surface area (Å²) in [5.74, 6) is 0. The van der Waals surface area contributed by atoms with E-state index in [9.17, 15) is 0 Å². The van der Waals surface area contributed by atoms with Crippen molar-refractivity contribution < 1.29 is 0 Å². The van der Waals surface area contributed by atoms with Gasteiger partial charge in [-0.25, -0.2) is 0 Å². The molecular weight excluding hydrogens is 228 g/mol. The molecule has 0 aliphatic heterocycles. The van der Waals surface area contributed by atoms with Crippen molar-refractivity contribution in [2.24, 2.45) is 0 Å². The SMILES string of the molecule is [CH2]C.[CH2]CCc1ccc(CCc2ccccc2)cc1. The average Bonchev–Trinajstić information content (AvgIpc) is 2.50. The van der Waals surface area contributed by atoms with Crippen molar-refractivity contribution in [3.05, 3.63) is 85.1 Å². The van der Waals surface area contributed by atoms with Gasteiger partial charge in [0.2, 0.25) is 0 Å². The molecule has 2 aromatic carbocycles. The molecule has 0 heteroatoms. The fourth-order valence-corrected chi connectivity index (χ4v) is 2.01. The lowest BCUT2D eigenvalue weighted by molar-refractivity contribution is 0.950. The molecule has 0 atom stereocenters. The average molecular weight is 252 g/mol. The van der Waals surface area contributed by atoms with E-state index in [0.717, 1.165) is 25.7 Å². The third-order valence-electron chi connectivity index (χ3n) is 3.03. The summed E-state index contributed by atoms with van der Waals surface area (Å²) in [4.78, 5) is 0. The van der Waals surface area contributed by atoms with Crippen molar-refractivity contribution in [2.75, 3.05) is 0 Å². The lowest BCUT2D eigenvalue weighted by Crippen LogP contribution is -1.91. The van der Waals surface area contributed by atoms with Crippen LogP contribution in [-0.2, 0) is 19.3 Å². The topological polar surface area (TPSA) is 0 Å². The summed E-state index contributed by atoms with van der Waals surface area (Å²) >= 11 is 0. The van der Waals surface area contributed by atoms with Crippen molar-refractivity contribution in [1.82, 2.24) is 0 Å². The fourth-order valence-electron chi connectivity index (χ4n) is 2.01. The highest BCUT2D eigenvalue weighted by atomic mass is 14.0. The van der Waals surface area contributed by atoms with E-state index in [2.05, 4.69) is 68.4 Å². The minimum absolute atomic E-state index is 0.976. The highest BCUT2D eigenvalue weighted by Gasteiger charge is 1.96. The highest BCUT2D eigenvalue weighted by Crippen LogP contribution is 2.10. The maximum absolute atomic E-state index is 3.88. The van der Waals surface area contributed by atoms with E-state index in [1.54, 1.807) is 6.92 Å². The summed E-state index contributed by atoms with van der Waals surface area (Å²) in [6.07, 6.45) is 4.30. The largest absolute Gasteiger partial charge is 0.0654 e. The summed E-state index contributed by atoms with van der Waals surface area (Å²) in [6.45, 7) is 8.88. The van der Waals surface area contributed by atoms with E-state index < -0.39 is 0 Å². The first-order chi connectivity index (χ1) is 9.38. The minimum Gasteiger partial charge on any atom is -0.0654 e. The van der Waals surface area contributed by atoms with Gasteiger partial charge in [-0.05, 0) is 42.4 Å². The van der Waals surface area contributed by atoms with Crippen LogP contribution in [0.4, 0.5) is 0 Å². The van der Waals surface area contributed by atoms with E-state index in [0.29, 0.717) is 0 Å². The van der Waals surface area contributed by atoms with Crippen molar-refractivity contribution in [1.29, 1.82) is 0 Å². The first-order valence-electron chi connectivity index (χ1n) is 7.00. The van der Waals surface area contributed by atoms with Crippen LogP contribution in [0.5, 0.6) is 0 Å².